The molecule has 1 aromatic carbocycles. The van der Waals surface area contributed by atoms with Crippen LogP contribution in [-0.2, 0) is 23.8 Å². The standard InChI is InChI=1S/C18H21NO6/c1-5-10(2)23-15(20)12-8-6-11(7-9-12)14(19)13-16(21)24-18(3,4)25-17(13)22/h6-10H,5,19H2,1-4H3. The number of rotatable bonds is 4. The molecule has 0 spiro atoms. The SMILES string of the molecule is CCC(C)OC(=O)c1ccc(C(N)=C2C(=O)OC(C)(C)OC2=O)cc1. The van der Waals surface area contributed by atoms with Crippen LogP contribution in [0.4, 0.5) is 0 Å². The Bertz CT molecular complexity index is 710. The molecular formula is C18H21NO6. The van der Waals surface area contributed by atoms with Gasteiger partial charge in [0.1, 0.15) is 0 Å². The number of nitrogens with two attached hydrogens (primary N) is 1. The minimum Gasteiger partial charge on any atom is -0.459 e. The molecule has 0 aromatic heterocycles. The number of hydrogen-bond donors (Lipinski definition) is 1. The number of ether oxygens (including phenoxy) is 3. The van der Waals surface area contributed by atoms with Gasteiger partial charge in [-0.25, -0.2) is 14.4 Å². The van der Waals surface area contributed by atoms with Gasteiger partial charge in [-0.15, -0.1) is 0 Å². The van der Waals surface area contributed by atoms with Gasteiger partial charge in [-0.2, -0.15) is 0 Å². The Kier molecular flexibility index (Phi) is 5.15. The second-order valence-electron chi connectivity index (χ2n) is 6.17. The highest BCUT2D eigenvalue weighted by molar-refractivity contribution is 6.20. The number of esters is 3. The van der Waals surface area contributed by atoms with Gasteiger partial charge in [-0.1, -0.05) is 19.1 Å². The van der Waals surface area contributed by atoms with Gasteiger partial charge < -0.3 is 19.9 Å². The monoisotopic (exact) mass is 347 g/mol. The van der Waals surface area contributed by atoms with Crippen LogP contribution >= 0.6 is 0 Å². The van der Waals surface area contributed by atoms with Crippen molar-refractivity contribution in [3.63, 3.8) is 0 Å². The summed E-state index contributed by atoms with van der Waals surface area (Å²) in [7, 11) is 0. The molecule has 1 fully saturated rings. The first-order valence-electron chi connectivity index (χ1n) is 7.92. The number of carbonyl (C=O) groups is 3. The van der Waals surface area contributed by atoms with Gasteiger partial charge in [0.25, 0.3) is 5.79 Å². The summed E-state index contributed by atoms with van der Waals surface area (Å²) in [4.78, 5) is 36.0. The lowest BCUT2D eigenvalue weighted by molar-refractivity contribution is -0.222. The third kappa shape index (κ3) is 4.17. The van der Waals surface area contributed by atoms with Crippen LogP contribution in [0.2, 0.25) is 0 Å². The molecule has 1 unspecified atom stereocenters. The molecule has 0 aliphatic carbocycles. The van der Waals surface area contributed by atoms with E-state index in [1.807, 2.05) is 6.92 Å². The van der Waals surface area contributed by atoms with Gasteiger partial charge >= 0.3 is 17.9 Å². The highest BCUT2D eigenvalue weighted by Gasteiger charge is 2.40. The molecule has 1 aliphatic rings. The molecule has 2 rings (SSSR count). The van der Waals surface area contributed by atoms with E-state index in [1.165, 1.54) is 38.1 Å². The van der Waals surface area contributed by atoms with E-state index >= 15 is 0 Å². The number of benzene rings is 1. The first-order valence-corrected chi connectivity index (χ1v) is 7.92. The smallest absolute Gasteiger partial charge is 0.351 e. The normalized spacial score (nSPS) is 17.4. The Hall–Kier alpha value is -2.83. The van der Waals surface area contributed by atoms with Crippen LogP contribution < -0.4 is 5.73 Å². The van der Waals surface area contributed by atoms with Crippen LogP contribution in [0.3, 0.4) is 0 Å². The number of cyclic esters (lactones) is 2. The van der Waals surface area contributed by atoms with E-state index in [1.54, 1.807) is 6.92 Å². The molecule has 7 heteroatoms. The number of carbonyl (C=O) groups excluding carboxylic acids is 3. The van der Waals surface area contributed by atoms with E-state index in [9.17, 15) is 14.4 Å². The van der Waals surface area contributed by atoms with Gasteiger partial charge in [0.2, 0.25) is 0 Å². The topological polar surface area (TPSA) is 105 Å². The van der Waals surface area contributed by atoms with E-state index < -0.39 is 23.7 Å². The first kappa shape index (κ1) is 18.5. The molecule has 0 amide bonds. The minimum absolute atomic E-state index is 0.0765. The third-order valence-electron chi connectivity index (χ3n) is 3.67. The van der Waals surface area contributed by atoms with Crippen LogP contribution in [0.1, 0.15) is 50.0 Å². The summed E-state index contributed by atoms with van der Waals surface area (Å²) in [6.07, 6.45) is 0.526. The fraction of sp³-hybridized carbons (Fsp3) is 0.389. The van der Waals surface area contributed by atoms with Crippen molar-refractivity contribution in [2.45, 2.75) is 46.0 Å². The van der Waals surface area contributed by atoms with E-state index in [2.05, 4.69) is 0 Å². The summed E-state index contributed by atoms with van der Waals surface area (Å²) in [5.74, 6) is -3.48. The predicted octanol–water partition coefficient (Wildman–Crippen LogP) is 2.15. The lowest BCUT2D eigenvalue weighted by Crippen LogP contribution is -2.42. The van der Waals surface area contributed by atoms with Crippen molar-refractivity contribution < 1.29 is 28.6 Å². The average molecular weight is 347 g/mol. The van der Waals surface area contributed by atoms with Crippen molar-refractivity contribution in [1.29, 1.82) is 0 Å². The Morgan fingerprint density at radius 1 is 1.12 bits per heavy atom. The van der Waals surface area contributed by atoms with Gasteiger partial charge in [0.15, 0.2) is 5.57 Å². The highest BCUT2D eigenvalue weighted by Crippen LogP contribution is 2.26. The van der Waals surface area contributed by atoms with E-state index in [0.717, 1.165) is 0 Å². The Labute approximate surface area is 145 Å². The maximum atomic E-state index is 12.0. The molecule has 0 radical (unpaired) electrons. The average Bonchev–Trinajstić information content (AvgIpc) is 2.52. The molecule has 1 aromatic rings. The highest BCUT2D eigenvalue weighted by atomic mass is 16.7. The molecular weight excluding hydrogens is 326 g/mol. The van der Waals surface area contributed by atoms with Crippen LogP contribution in [0.5, 0.6) is 0 Å². The molecule has 25 heavy (non-hydrogen) atoms. The van der Waals surface area contributed by atoms with E-state index in [-0.39, 0.29) is 17.4 Å². The molecule has 7 nitrogen and oxygen atoms in total. The fourth-order valence-electron chi connectivity index (χ4n) is 2.14. The summed E-state index contributed by atoms with van der Waals surface area (Å²) in [6, 6.07) is 6.07. The zero-order valence-electron chi connectivity index (χ0n) is 14.6. The molecule has 134 valence electrons. The molecule has 1 atom stereocenters. The second-order valence-corrected chi connectivity index (χ2v) is 6.17. The van der Waals surface area contributed by atoms with Crippen molar-refractivity contribution in [2.75, 3.05) is 0 Å². The van der Waals surface area contributed by atoms with Crippen LogP contribution in [0.25, 0.3) is 5.70 Å². The first-order chi connectivity index (χ1) is 11.6. The summed E-state index contributed by atoms with van der Waals surface area (Å²) < 4.78 is 15.3. The molecule has 0 saturated carbocycles. The third-order valence-corrected chi connectivity index (χ3v) is 3.67. The lowest BCUT2D eigenvalue weighted by Gasteiger charge is -2.30. The van der Waals surface area contributed by atoms with E-state index in [0.29, 0.717) is 17.5 Å². The summed E-state index contributed by atoms with van der Waals surface area (Å²) in [5, 5.41) is 0. The Morgan fingerprint density at radius 2 is 1.60 bits per heavy atom. The van der Waals surface area contributed by atoms with Crippen LogP contribution in [0, 0.1) is 0 Å². The molecule has 1 saturated heterocycles. The summed E-state index contributed by atoms with van der Waals surface area (Å²) in [5.41, 5.74) is 6.22. The predicted molar refractivity (Wildman–Crippen MR) is 89.0 cm³/mol. The lowest BCUT2D eigenvalue weighted by atomic mass is 10.0. The molecule has 2 N–H and O–H groups in total. The Balaban J connectivity index is 2.25. The Morgan fingerprint density at radius 3 is 2.08 bits per heavy atom. The largest absolute Gasteiger partial charge is 0.459 e. The zero-order valence-corrected chi connectivity index (χ0v) is 14.6. The van der Waals surface area contributed by atoms with Crippen LogP contribution in [-0.4, -0.2) is 29.8 Å². The van der Waals surface area contributed by atoms with E-state index in [4.69, 9.17) is 19.9 Å². The molecule has 0 bridgehead atoms. The van der Waals surface area contributed by atoms with Crippen molar-refractivity contribution in [3.05, 3.63) is 41.0 Å². The summed E-state index contributed by atoms with van der Waals surface area (Å²) >= 11 is 0. The maximum Gasteiger partial charge on any atom is 0.351 e. The molecule has 1 aliphatic heterocycles. The second kappa shape index (κ2) is 6.96. The van der Waals surface area contributed by atoms with Gasteiger partial charge in [0.05, 0.1) is 17.4 Å². The maximum absolute atomic E-state index is 12.0. The van der Waals surface area contributed by atoms with Crippen LogP contribution in [0.15, 0.2) is 29.8 Å². The van der Waals surface area contributed by atoms with Gasteiger partial charge in [-0.3, -0.25) is 0 Å². The fourth-order valence-corrected chi connectivity index (χ4v) is 2.14. The van der Waals surface area contributed by atoms with Crippen molar-refractivity contribution in [2.24, 2.45) is 5.73 Å². The molecule has 1 heterocycles. The minimum atomic E-state index is -1.33. The van der Waals surface area contributed by atoms with Gasteiger partial charge in [-0.05, 0) is 31.0 Å². The van der Waals surface area contributed by atoms with Crippen molar-refractivity contribution >= 4 is 23.6 Å². The van der Waals surface area contributed by atoms with Crippen molar-refractivity contribution in [3.8, 4) is 0 Å². The summed E-state index contributed by atoms with van der Waals surface area (Å²) in [6.45, 7) is 6.62. The quantitative estimate of drug-likeness (QED) is 0.505. The number of hydrogen-bond acceptors (Lipinski definition) is 7. The van der Waals surface area contributed by atoms with Gasteiger partial charge in [0, 0.05) is 13.8 Å². The van der Waals surface area contributed by atoms with Crippen molar-refractivity contribution in [1.82, 2.24) is 0 Å². The zero-order chi connectivity index (χ0) is 18.8.